The summed E-state index contributed by atoms with van der Waals surface area (Å²) >= 11 is 5.77. The van der Waals surface area contributed by atoms with E-state index in [1.54, 1.807) is 0 Å². The molecule has 78 valence electrons. The van der Waals surface area contributed by atoms with Crippen LogP contribution in [-0.4, -0.2) is 6.61 Å². The van der Waals surface area contributed by atoms with E-state index >= 15 is 0 Å². The minimum atomic E-state index is 0.658. The molecule has 14 heavy (non-hydrogen) atoms. The van der Waals surface area contributed by atoms with Crippen LogP contribution in [0.5, 0.6) is 5.75 Å². The Balaban J connectivity index is 2.41. The molecule has 0 atom stereocenters. The first-order chi connectivity index (χ1) is 6.76. The average molecular weight is 213 g/mol. The van der Waals surface area contributed by atoms with E-state index in [4.69, 9.17) is 16.3 Å². The van der Waals surface area contributed by atoms with Crippen molar-refractivity contribution < 1.29 is 4.74 Å². The molecule has 0 N–H and O–H groups in total. The normalized spacial score (nSPS) is 10.6. The minimum Gasteiger partial charge on any atom is -0.493 e. The van der Waals surface area contributed by atoms with Crippen LogP contribution in [0.2, 0.25) is 5.02 Å². The number of hydrogen-bond acceptors (Lipinski definition) is 1. The zero-order chi connectivity index (χ0) is 10.4. The van der Waals surface area contributed by atoms with Crippen molar-refractivity contribution in [2.75, 3.05) is 6.61 Å². The van der Waals surface area contributed by atoms with Crippen LogP contribution in [0.3, 0.4) is 0 Å². The van der Waals surface area contributed by atoms with Crippen molar-refractivity contribution in [3.8, 4) is 5.75 Å². The summed E-state index contributed by atoms with van der Waals surface area (Å²) in [5, 5.41) is 0.750. The first kappa shape index (κ1) is 11.4. The Labute approximate surface area is 91.0 Å². The topological polar surface area (TPSA) is 9.23 Å². The summed E-state index contributed by atoms with van der Waals surface area (Å²) in [4.78, 5) is 0. The summed E-state index contributed by atoms with van der Waals surface area (Å²) in [6.45, 7) is 5.19. The Hall–Kier alpha value is -0.690. The molecule has 2 heteroatoms. The predicted molar refractivity (Wildman–Crippen MR) is 61.0 cm³/mol. The van der Waals surface area contributed by atoms with Gasteiger partial charge in [-0.05, 0) is 30.2 Å². The fourth-order valence-electron chi connectivity index (χ4n) is 1.27. The van der Waals surface area contributed by atoms with Gasteiger partial charge in [0.1, 0.15) is 5.75 Å². The lowest BCUT2D eigenvalue weighted by Gasteiger charge is -2.13. The van der Waals surface area contributed by atoms with Crippen molar-refractivity contribution in [1.82, 2.24) is 0 Å². The lowest BCUT2D eigenvalue weighted by atomic mass is 10.1. The van der Waals surface area contributed by atoms with Gasteiger partial charge in [0.05, 0.1) is 6.61 Å². The van der Waals surface area contributed by atoms with Crippen LogP contribution in [0, 0.1) is 5.92 Å². The third-order valence-electron chi connectivity index (χ3n) is 2.45. The molecule has 0 saturated carbocycles. The molecule has 1 nitrogen and oxygen atoms in total. The first-order valence-corrected chi connectivity index (χ1v) is 5.52. The van der Waals surface area contributed by atoms with Gasteiger partial charge in [0.2, 0.25) is 0 Å². The second-order valence-corrected chi connectivity index (χ2v) is 3.88. The zero-order valence-corrected chi connectivity index (χ0v) is 9.55. The number of benzene rings is 1. The smallest absolute Gasteiger partial charge is 0.119 e. The van der Waals surface area contributed by atoms with Crippen LogP contribution in [0.15, 0.2) is 24.3 Å². The van der Waals surface area contributed by atoms with E-state index in [2.05, 4.69) is 13.8 Å². The molecule has 0 aliphatic rings. The molecule has 0 radical (unpaired) electrons. The Bertz CT molecular complexity index is 252. The number of halogens is 1. The summed E-state index contributed by atoms with van der Waals surface area (Å²) in [6, 6.07) is 7.52. The number of ether oxygens (including phenoxy) is 1. The van der Waals surface area contributed by atoms with Crippen LogP contribution in [0.25, 0.3) is 0 Å². The van der Waals surface area contributed by atoms with Crippen molar-refractivity contribution in [1.29, 1.82) is 0 Å². The van der Waals surface area contributed by atoms with Crippen LogP contribution in [0.1, 0.15) is 26.7 Å². The molecule has 0 unspecified atom stereocenters. The SMILES string of the molecule is CCC(CC)COc1ccc(Cl)cc1. The van der Waals surface area contributed by atoms with Crippen molar-refractivity contribution in [2.45, 2.75) is 26.7 Å². The highest BCUT2D eigenvalue weighted by atomic mass is 35.5. The van der Waals surface area contributed by atoms with Gasteiger partial charge in [-0.1, -0.05) is 38.3 Å². The van der Waals surface area contributed by atoms with Crippen molar-refractivity contribution in [3.05, 3.63) is 29.3 Å². The summed E-state index contributed by atoms with van der Waals surface area (Å²) < 4.78 is 5.65. The second kappa shape index (κ2) is 5.92. The molecule has 1 aromatic carbocycles. The molecular formula is C12H17ClO. The largest absolute Gasteiger partial charge is 0.493 e. The highest BCUT2D eigenvalue weighted by Crippen LogP contribution is 2.17. The van der Waals surface area contributed by atoms with E-state index in [-0.39, 0.29) is 0 Å². The zero-order valence-electron chi connectivity index (χ0n) is 8.79. The van der Waals surface area contributed by atoms with Crippen LogP contribution in [0.4, 0.5) is 0 Å². The van der Waals surface area contributed by atoms with E-state index in [0.29, 0.717) is 5.92 Å². The van der Waals surface area contributed by atoms with E-state index < -0.39 is 0 Å². The van der Waals surface area contributed by atoms with Gasteiger partial charge >= 0.3 is 0 Å². The Morgan fingerprint density at radius 3 is 2.21 bits per heavy atom. The maximum atomic E-state index is 5.77. The molecule has 0 bridgehead atoms. The highest BCUT2D eigenvalue weighted by Gasteiger charge is 2.03. The van der Waals surface area contributed by atoms with Crippen LogP contribution < -0.4 is 4.74 Å². The molecule has 0 aliphatic carbocycles. The van der Waals surface area contributed by atoms with Crippen molar-refractivity contribution in [2.24, 2.45) is 5.92 Å². The third-order valence-corrected chi connectivity index (χ3v) is 2.71. The fourth-order valence-corrected chi connectivity index (χ4v) is 1.40. The molecule has 0 spiro atoms. The standard InChI is InChI=1S/C12H17ClO/c1-3-10(4-2)9-14-12-7-5-11(13)6-8-12/h5-8,10H,3-4,9H2,1-2H3. The number of hydrogen-bond donors (Lipinski definition) is 0. The van der Waals surface area contributed by atoms with Gasteiger partial charge in [-0.25, -0.2) is 0 Å². The summed E-state index contributed by atoms with van der Waals surface area (Å²) in [6.07, 6.45) is 2.34. The van der Waals surface area contributed by atoms with E-state index in [0.717, 1.165) is 17.4 Å². The van der Waals surface area contributed by atoms with E-state index in [9.17, 15) is 0 Å². The lowest BCUT2D eigenvalue weighted by Crippen LogP contribution is -2.09. The third kappa shape index (κ3) is 3.59. The Morgan fingerprint density at radius 1 is 1.14 bits per heavy atom. The molecule has 0 aliphatic heterocycles. The van der Waals surface area contributed by atoms with Gasteiger partial charge in [0.25, 0.3) is 0 Å². The number of rotatable bonds is 5. The summed E-state index contributed by atoms with van der Waals surface area (Å²) in [5.41, 5.74) is 0. The highest BCUT2D eigenvalue weighted by molar-refractivity contribution is 6.30. The van der Waals surface area contributed by atoms with Crippen molar-refractivity contribution >= 4 is 11.6 Å². The molecule has 0 aromatic heterocycles. The minimum absolute atomic E-state index is 0.658. The monoisotopic (exact) mass is 212 g/mol. The molecule has 0 amide bonds. The van der Waals surface area contributed by atoms with Crippen molar-refractivity contribution in [3.63, 3.8) is 0 Å². The van der Waals surface area contributed by atoms with Crippen LogP contribution >= 0.6 is 11.6 Å². The van der Waals surface area contributed by atoms with Gasteiger partial charge in [-0.3, -0.25) is 0 Å². The van der Waals surface area contributed by atoms with Gasteiger partial charge in [0, 0.05) is 5.02 Å². The fraction of sp³-hybridized carbons (Fsp3) is 0.500. The van der Waals surface area contributed by atoms with Gasteiger partial charge in [0.15, 0.2) is 0 Å². The van der Waals surface area contributed by atoms with Crippen LogP contribution in [-0.2, 0) is 0 Å². The first-order valence-electron chi connectivity index (χ1n) is 5.14. The molecule has 1 rings (SSSR count). The van der Waals surface area contributed by atoms with Gasteiger partial charge in [-0.15, -0.1) is 0 Å². The lowest BCUT2D eigenvalue weighted by molar-refractivity contribution is 0.240. The van der Waals surface area contributed by atoms with E-state index in [1.165, 1.54) is 12.8 Å². The maximum absolute atomic E-state index is 5.77. The van der Waals surface area contributed by atoms with Gasteiger partial charge in [-0.2, -0.15) is 0 Å². The Kier molecular flexibility index (Phi) is 4.81. The quantitative estimate of drug-likeness (QED) is 0.713. The predicted octanol–water partition coefficient (Wildman–Crippen LogP) is 4.16. The average Bonchev–Trinajstić information content (AvgIpc) is 2.22. The molecular weight excluding hydrogens is 196 g/mol. The summed E-state index contributed by atoms with van der Waals surface area (Å²) in [7, 11) is 0. The van der Waals surface area contributed by atoms with E-state index in [1.807, 2.05) is 24.3 Å². The second-order valence-electron chi connectivity index (χ2n) is 3.45. The summed E-state index contributed by atoms with van der Waals surface area (Å²) in [5.74, 6) is 1.56. The Morgan fingerprint density at radius 2 is 1.71 bits per heavy atom. The molecule has 0 heterocycles. The van der Waals surface area contributed by atoms with Gasteiger partial charge < -0.3 is 4.74 Å². The molecule has 1 aromatic rings. The molecule has 0 saturated heterocycles. The molecule has 0 fully saturated rings. The maximum Gasteiger partial charge on any atom is 0.119 e.